The Kier molecular flexibility index (Phi) is 2.05. The van der Waals surface area contributed by atoms with Crippen LogP contribution < -0.4 is 0 Å². The number of pyridine rings is 1. The molecule has 1 aromatic rings. The molecule has 0 bridgehead atoms. The molecule has 0 N–H and O–H groups in total. The number of rotatable bonds is 0. The highest BCUT2D eigenvalue weighted by molar-refractivity contribution is 14.1. The highest BCUT2D eigenvalue weighted by Crippen LogP contribution is 2.07. The molecule has 9 heavy (non-hydrogen) atoms. The van der Waals surface area contributed by atoms with Crippen molar-refractivity contribution in [2.45, 2.75) is 13.8 Å². The molecule has 0 aliphatic heterocycles. The second kappa shape index (κ2) is 2.64. The van der Waals surface area contributed by atoms with Gasteiger partial charge in [0.2, 0.25) is 0 Å². The molecule has 0 atom stereocenters. The Bertz CT molecular complexity index is 220. The van der Waals surface area contributed by atoms with Gasteiger partial charge in [-0.05, 0) is 48.1 Å². The van der Waals surface area contributed by atoms with Crippen LogP contribution in [0.4, 0.5) is 0 Å². The van der Waals surface area contributed by atoms with Crippen molar-refractivity contribution in [2.24, 2.45) is 0 Å². The summed E-state index contributed by atoms with van der Waals surface area (Å²) in [6.07, 6.45) is 0. The molecule has 0 saturated heterocycles. The minimum absolute atomic E-state index is 1.09. The van der Waals surface area contributed by atoms with Crippen molar-refractivity contribution in [1.82, 2.24) is 4.98 Å². The molecular formula is C7H8IN. The van der Waals surface area contributed by atoms with Crippen LogP contribution in [0.25, 0.3) is 0 Å². The number of nitrogens with zero attached hydrogens (tertiary/aromatic N) is 1. The molecule has 1 nitrogen and oxygen atoms in total. The van der Waals surface area contributed by atoms with E-state index in [9.17, 15) is 0 Å². The fraction of sp³-hybridized carbons (Fsp3) is 0.286. The second-order valence-corrected chi connectivity index (χ2v) is 3.08. The number of aryl methyl sites for hydroxylation is 2. The predicted molar refractivity (Wildman–Crippen MR) is 46.4 cm³/mol. The van der Waals surface area contributed by atoms with Gasteiger partial charge in [0, 0.05) is 5.69 Å². The monoisotopic (exact) mass is 233 g/mol. The van der Waals surface area contributed by atoms with Crippen LogP contribution in [0.3, 0.4) is 0 Å². The summed E-state index contributed by atoms with van der Waals surface area (Å²) in [7, 11) is 0. The summed E-state index contributed by atoms with van der Waals surface area (Å²) < 4.78 is 1.10. The van der Waals surface area contributed by atoms with Gasteiger partial charge in [-0.1, -0.05) is 6.07 Å². The first-order chi connectivity index (χ1) is 4.20. The molecule has 2 heteroatoms. The Morgan fingerprint density at radius 2 is 2.00 bits per heavy atom. The fourth-order valence-electron chi connectivity index (χ4n) is 0.595. The second-order valence-electron chi connectivity index (χ2n) is 2.06. The van der Waals surface area contributed by atoms with Gasteiger partial charge in [0.05, 0.1) is 0 Å². The van der Waals surface area contributed by atoms with Crippen LogP contribution in [0.2, 0.25) is 0 Å². The molecule has 0 amide bonds. The van der Waals surface area contributed by atoms with E-state index in [4.69, 9.17) is 0 Å². The van der Waals surface area contributed by atoms with Crippen LogP contribution in [-0.2, 0) is 0 Å². The minimum atomic E-state index is 1.09. The lowest BCUT2D eigenvalue weighted by molar-refractivity contribution is 1.13. The van der Waals surface area contributed by atoms with Crippen molar-refractivity contribution in [3.05, 3.63) is 27.1 Å². The highest BCUT2D eigenvalue weighted by Gasteiger charge is 1.92. The van der Waals surface area contributed by atoms with Crippen molar-refractivity contribution in [1.29, 1.82) is 0 Å². The predicted octanol–water partition coefficient (Wildman–Crippen LogP) is 2.30. The molecule has 0 radical (unpaired) electrons. The van der Waals surface area contributed by atoms with E-state index < -0.39 is 0 Å². The van der Waals surface area contributed by atoms with Crippen LogP contribution in [0, 0.1) is 17.5 Å². The molecule has 1 heterocycles. The summed E-state index contributed by atoms with van der Waals surface area (Å²) in [4.78, 5) is 4.26. The number of halogens is 1. The SMILES string of the molecule is Cc1ccc(C)c(I)n1. The average Bonchev–Trinajstić information content (AvgIpc) is 1.80. The van der Waals surface area contributed by atoms with Gasteiger partial charge >= 0.3 is 0 Å². The molecule has 48 valence electrons. The van der Waals surface area contributed by atoms with Gasteiger partial charge in [-0.2, -0.15) is 0 Å². The van der Waals surface area contributed by atoms with E-state index >= 15 is 0 Å². The zero-order chi connectivity index (χ0) is 6.85. The third-order valence-corrected chi connectivity index (χ3v) is 2.27. The van der Waals surface area contributed by atoms with Crippen LogP contribution in [-0.4, -0.2) is 4.98 Å². The van der Waals surface area contributed by atoms with E-state index in [0.717, 1.165) is 9.39 Å². The first-order valence-electron chi connectivity index (χ1n) is 2.80. The summed E-state index contributed by atoms with van der Waals surface area (Å²) in [5.41, 5.74) is 2.34. The average molecular weight is 233 g/mol. The van der Waals surface area contributed by atoms with Gasteiger partial charge < -0.3 is 0 Å². The van der Waals surface area contributed by atoms with Crippen molar-refractivity contribution in [3.8, 4) is 0 Å². The molecule has 0 aliphatic rings. The Morgan fingerprint density at radius 3 is 2.44 bits per heavy atom. The Balaban J connectivity index is 3.17. The smallest absolute Gasteiger partial charge is 0.104 e. The Morgan fingerprint density at radius 1 is 1.33 bits per heavy atom. The van der Waals surface area contributed by atoms with Gasteiger partial charge in [0.25, 0.3) is 0 Å². The van der Waals surface area contributed by atoms with Crippen molar-refractivity contribution in [3.63, 3.8) is 0 Å². The summed E-state index contributed by atoms with van der Waals surface area (Å²) >= 11 is 2.24. The largest absolute Gasteiger partial charge is 0.247 e. The maximum Gasteiger partial charge on any atom is 0.104 e. The standard InChI is InChI=1S/C7H8IN/c1-5-3-4-6(2)9-7(5)8/h3-4H,1-2H3. The van der Waals surface area contributed by atoms with E-state index in [1.807, 2.05) is 13.0 Å². The summed E-state index contributed by atoms with van der Waals surface area (Å²) in [5.74, 6) is 0. The number of hydrogen-bond donors (Lipinski definition) is 0. The summed E-state index contributed by atoms with van der Waals surface area (Å²) in [5, 5.41) is 0. The van der Waals surface area contributed by atoms with Gasteiger partial charge in [-0.3, -0.25) is 0 Å². The lowest BCUT2D eigenvalue weighted by atomic mass is 10.3. The quantitative estimate of drug-likeness (QED) is 0.495. The molecule has 1 aromatic heterocycles. The zero-order valence-corrected chi connectivity index (χ0v) is 7.64. The van der Waals surface area contributed by atoms with Gasteiger partial charge in [0.1, 0.15) is 3.70 Å². The lowest BCUT2D eigenvalue weighted by Crippen LogP contribution is -1.87. The lowest BCUT2D eigenvalue weighted by Gasteiger charge is -1.95. The van der Waals surface area contributed by atoms with Crippen molar-refractivity contribution in [2.75, 3.05) is 0 Å². The zero-order valence-electron chi connectivity index (χ0n) is 5.48. The van der Waals surface area contributed by atoms with Crippen molar-refractivity contribution >= 4 is 22.6 Å². The van der Waals surface area contributed by atoms with Gasteiger partial charge in [-0.15, -0.1) is 0 Å². The van der Waals surface area contributed by atoms with E-state index in [2.05, 4.69) is 40.6 Å². The molecule has 0 aromatic carbocycles. The molecule has 0 unspecified atom stereocenters. The third-order valence-electron chi connectivity index (χ3n) is 1.17. The summed E-state index contributed by atoms with van der Waals surface area (Å²) in [6, 6.07) is 4.11. The van der Waals surface area contributed by atoms with Crippen LogP contribution in [0.15, 0.2) is 12.1 Å². The van der Waals surface area contributed by atoms with Crippen molar-refractivity contribution < 1.29 is 0 Å². The third kappa shape index (κ3) is 1.64. The molecule has 0 spiro atoms. The Hall–Kier alpha value is -0.120. The summed E-state index contributed by atoms with van der Waals surface area (Å²) in [6.45, 7) is 4.07. The van der Waals surface area contributed by atoms with E-state index in [0.29, 0.717) is 0 Å². The molecule has 0 aliphatic carbocycles. The molecular weight excluding hydrogens is 225 g/mol. The van der Waals surface area contributed by atoms with Crippen LogP contribution in [0.5, 0.6) is 0 Å². The number of aromatic nitrogens is 1. The van der Waals surface area contributed by atoms with E-state index in [1.165, 1.54) is 5.56 Å². The first-order valence-corrected chi connectivity index (χ1v) is 3.88. The normalized spacial score (nSPS) is 9.67. The van der Waals surface area contributed by atoms with Gasteiger partial charge in [0.15, 0.2) is 0 Å². The van der Waals surface area contributed by atoms with Gasteiger partial charge in [-0.25, -0.2) is 4.98 Å². The van der Waals surface area contributed by atoms with Crippen LogP contribution in [0.1, 0.15) is 11.3 Å². The van der Waals surface area contributed by atoms with E-state index in [1.54, 1.807) is 0 Å². The maximum absolute atomic E-state index is 4.26. The molecule has 0 fully saturated rings. The topological polar surface area (TPSA) is 12.9 Å². The van der Waals surface area contributed by atoms with Crippen LogP contribution >= 0.6 is 22.6 Å². The fourth-order valence-corrected chi connectivity index (χ4v) is 1.15. The minimum Gasteiger partial charge on any atom is -0.247 e. The van der Waals surface area contributed by atoms with E-state index in [-0.39, 0.29) is 0 Å². The molecule has 1 rings (SSSR count). The maximum atomic E-state index is 4.26. The highest BCUT2D eigenvalue weighted by atomic mass is 127. The first kappa shape index (κ1) is 6.99. The molecule has 0 saturated carbocycles. The number of hydrogen-bond acceptors (Lipinski definition) is 1. The Labute approximate surface area is 68.6 Å².